The molecule has 0 heterocycles. The Balaban J connectivity index is 2.18. The van der Waals surface area contributed by atoms with Crippen LogP contribution in [0.15, 0.2) is 18.2 Å². The lowest BCUT2D eigenvalue weighted by Gasteiger charge is -2.19. The van der Waals surface area contributed by atoms with Gasteiger partial charge in [-0.1, -0.05) is 11.6 Å². The van der Waals surface area contributed by atoms with Crippen LogP contribution in [0.5, 0.6) is 0 Å². The lowest BCUT2D eigenvalue weighted by atomic mass is 10.2. The summed E-state index contributed by atoms with van der Waals surface area (Å²) < 4.78 is 10.9. The molecular formula is C15H23ClN2O3. The summed E-state index contributed by atoms with van der Waals surface area (Å²) in [5, 5.41) is 3.20. The SMILES string of the molecule is CC(C)(C)OCCOCCC(=O)Nc1ccc(Cl)c(N)c1. The van der Waals surface area contributed by atoms with E-state index in [0.29, 0.717) is 36.2 Å². The van der Waals surface area contributed by atoms with E-state index in [1.165, 1.54) is 0 Å². The van der Waals surface area contributed by atoms with Crippen LogP contribution in [0.2, 0.25) is 5.02 Å². The van der Waals surface area contributed by atoms with Gasteiger partial charge in [-0.25, -0.2) is 0 Å². The molecule has 6 heteroatoms. The van der Waals surface area contributed by atoms with Crippen LogP contribution in [0.3, 0.4) is 0 Å². The van der Waals surface area contributed by atoms with E-state index in [1.54, 1.807) is 18.2 Å². The van der Waals surface area contributed by atoms with E-state index in [1.807, 2.05) is 20.8 Å². The molecule has 0 spiro atoms. The van der Waals surface area contributed by atoms with Crippen molar-refractivity contribution in [1.29, 1.82) is 0 Å². The molecular weight excluding hydrogens is 292 g/mol. The Kier molecular flexibility index (Phi) is 6.95. The second-order valence-corrected chi connectivity index (χ2v) is 6.01. The van der Waals surface area contributed by atoms with Crippen molar-refractivity contribution in [2.45, 2.75) is 32.8 Å². The lowest BCUT2D eigenvalue weighted by Crippen LogP contribution is -2.22. The molecule has 1 aromatic carbocycles. The molecule has 3 N–H and O–H groups in total. The predicted molar refractivity (Wildman–Crippen MR) is 85.6 cm³/mol. The van der Waals surface area contributed by atoms with Gasteiger partial charge in [-0.15, -0.1) is 0 Å². The van der Waals surface area contributed by atoms with Crippen LogP contribution in [0, 0.1) is 0 Å². The molecule has 1 rings (SSSR count). The molecule has 0 radical (unpaired) electrons. The minimum atomic E-state index is -0.171. The Bertz CT molecular complexity index is 472. The standard InChI is InChI=1S/C15H23ClN2O3/c1-15(2,3)21-9-8-20-7-6-14(19)18-11-4-5-12(16)13(17)10-11/h4-5,10H,6-9,17H2,1-3H3,(H,18,19). The molecule has 0 aliphatic heterocycles. The molecule has 0 aliphatic carbocycles. The van der Waals surface area contributed by atoms with E-state index in [9.17, 15) is 4.79 Å². The highest BCUT2D eigenvalue weighted by molar-refractivity contribution is 6.33. The third-order valence-corrected chi connectivity index (χ3v) is 2.86. The number of ether oxygens (including phenoxy) is 2. The van der Waals surface area contributed by atoms with Gasteiger partial charge in [0, 0.05) is 5.69 Å². The van der Waals surface area contributed by atoms with Crippen LogP contribution < -0.4 is 11.1 Å². The van der Waals surface area contributed by atoms with E-state index < -0.39 is 0 Å². The number of anilines is 2. The minimum absolute atomic E-state index is 0.131. The summed E-state index contributed by atoms with van der Waals surface area (Å²) in [5.74, 6) is -0.131. The van der Waals surface area contributed by atoms with Crippen LogP contribution in [-0.2, 0) is 14.3 Å². The summed E-state index contributed by atoms with van der Waals surface area (Å²) in [5.41, 5.74) is 6.55. The van der Waals surface area contributed by atoms with Gasteiger partial charge in [0.05, 0.1) is 42.6 Å². The lowest BCUT2D eigenvalue weighted by molar-refractivity contribution is -0.117. The summed E-state index contributed by atoms with van der Waals surface area (Å²) in [6.07, 6.45) is 0.276. The van der Waals surface area contributed by atoms with Crippen molar-refractivity contribution in [3.05, 3.63) is 23.2 Å². The fraction of sp³-hybridized carbons (Fsp3) is 0.533. The van der Waals surface area contributed by atoms with Gasteiger partial charge >= 0.3 is 0 Å². The van der Waals surface area contributed by atoms with E-state index in [-0.39, 0.29) is 17.9 Å². The largest absolute Gasteiger partial charge is 0.397 e. The molecule has 21 heavy (non-hydrogen) atoms. The molecule has 0 aromatic heterocycles. The molecule has 0 aliphatic rings. The van der Waals surface area contributed by atoms with Crippen molar-refractivity contribution >= 4 is 28.9 Å². The molecule has 1 aromatic rings. The highest BCUT2D eigenvalue weighted by Gasteiger charge is 2.09. The average molecular weight is 315 g/mol. The second kappa shape index (κ2) is 8.22. The number of amides is 1. The maximum atomic E-state index is 11.7. The van der Waals surface area contributed by atoms with Gasteiger partial charge in [-0.2, -0.15) is 0 Å². The number of hydrogen-bond donors (Lipinski definition) is 2. The highest BCUT2D eigenvalue weighted by atomic mass is 35.5. The van der Waals surface area contributed by atoms with Crippen molar-refractivity contribution in [2.75, 3.05) is 30.9 Å². The first-order chi connectivity index (χ1) is 9.78. The minimum Gasteiger partial charge on any atom is -0.397 e. The average Bonchev–Trinajstić information content (AvgIpc) is 2.37. The topological polar surface area (TPSA) is 73.6 Å². The Morgan fingerprint density at radius 3 is 2.62 bits per heavy atom. The van der Waals surface area contributed by atoms with Crippen molar-refractivity contribution in [3.8, 4) is 0 Å². The first-order valence-electron chi connectivity index (χ1n) is 6.84. The quantitative estimate of drug-likeness (QED) is 0.599. The monoisotopic (exact) mass is 314 g/mol. The van der Waals surface area contributed by atoms with Gasteiger partial charge in [0.25, 0.3) is 0 Å². The highest BCUT2D eigenvalue weighted by Crippen LogP contribution is 2.22. The fourth-order valence-electron chi connectivity index (χ4n) is 1.52. The molecule has 0 saturated carbocycles. The smallest absolute Gasteiger partial charge is 0.226 e. The molecule has 5 nitrogen and oxygen atoms in total. The van der Waals surface area contributed by atoms with Gasteiger partial charge in [0.2, 0.25) is 5.91 Å². The zero-order valence-electron chi connectivity index (χ0n) is 12.7. The van der Waals surface area contributed by atoms with Gasteiger partial charge in [-0.3, -0.25) is 4.79 Å². The van der Waals surface area contributed by atoms with E-state index in [4.69, 9.17) is 26.8 Å². The number of benzene rings is 1. The zero-order chi connectivity index (χ0) is 15.9. The number of carbonyl (C=O) groups excluding carboxylic acids is 1. The normalized spacial score (nSPS) is 11.4. The van der Waals surface area contributed by atoms with Crippen molar-refractivity contribution in [3.63, 3.8) is 0 Å². The van der Waals surface area contributed by atoms with E-state index >= 15 is 0 Å². The second-order valence-electron chi connectivity index (χ2n) is 5.61. The molecule has 0 saturated heterocycles. The van der Waals surface area contributed by atoms with Crippen LogP contribution in [0.4, 0.5) is 11.4 Å². The van der Waals surface area contributed by atoms with Crippen molar-refractivity contribution in [2.24, 2.45) is 0 Å². The van der Waals surface area contributed by atoms with E-state index in [2.05, 4.69) is 5.32 Å². The Hall–Kier alpha value is -1.30. The van der Waals surface area contributed by atoms with Crippen molar-refractivity contribution < 1.29 is 14.3 Å². The summed E-state index contributed by atoms with van der Waals surface area (Å²) >= 11 is 5.81. The maximum absolute atomic E-state index is 11.7. The number of nitrogens with one attached hydrogen (secondary N) is 1. The fourth-order valence-corrected chi connectivity index (χ4v) is 1.64. The maximum Gasteiger partial charge on any atom is 0.226 e. The summed E-state index contributed by atoms with van der Waals surface area (Å²) in [6, 6.07) is 4.97. The summed E-state index contributed by atoms with van der Waals surface area (Å²) in [4.78, 5) is 11.7. The Morgan fingerprint density at radius 1 is 1.29 bits per heavy atom. The molecule has 1 amide bonds. The zero-order valence-corrected chi connectivity index (χ0v) is 13.5. The van der Waals surface area contributed by atoms with Crippen LogP contribution >= 0.6 is 11.6 Å². The predicted octanol–water partition coefficient (Wildman–Crippen LogP) is 3.08. The van der Waals surface area contributed by atoms with Crippen molar-refractivity contribution in [1.82, 2.24) is 0 Å². The Morgan fingerprint density at radius 2 is 2.00 bits per heavy atom. The van der Waals surface area contributed by atoms with E-state index in [0.717, 1.165) is 0 Å². The molecule has 0 fully saturated rings. The Labute approximate surface area is 130 Å². The molecule has 118 valence electrons. The number of rotatable bonds is 7. The molecule has 0 unspecified atom stereocenters. The van der Waals surface area contributed by atoms with Gasteiger partial charge in [-0.05, 0) is 39.0 Å². The van der Waals surface area contributed by atoms with Crippen LogP contribution in [-0.4, -0.2) is 31.3 Å². The third kappa shape index (κ3) is 7.90. The number of halogens is 1. The molecule has 0 atom stereocenters. The third-order valence-electron chi connectivity index (χ3n) is 2.52. The number of carbonyl (C=O) groups is 1. The van der Waals surface area contributed by atoms with Crippen LogP contribution in [0.25, 0.3) is 0 Å². The summed E-state index contributed by atoms with van der Waals surface area (Å²) in [6.45, 7) is 7.29. The first-order valence-corrected chi connectivity index (χ1v) is 7.22. The van der Waals surface area contributed by atoms with Gasteiger partial charge in [0.15, 0.2) is 0 Å². The summed E-state index contributed by atoms with van der Waals surface area (Å²) in [7, 11) is 0. The van der Waals surface area contributed by atoms with Gasteiger partial charge in [0.1, 0.15) is 0 Å². The number of nitrogen functional groups attached to an aromatic ring is 1. The van der Waals surface area contributed by atoms with Crippen LogP contribution in [0.1, 0.15) is 27.2 Å². The number of hydrogen-bond acceptors (Lipinski definition) is 4. The molecule has 0 bridgehead atoms. The van der Waals surface area contributed by atoms with Gasteiger partial charge < -0.3 is 20.5 Å². The number of nitrogens with two attached hydrogens (primary N) is 1. The first kappa shape index (κ1) is 17.8.